The zero-order valence-electron chi connectivity index (χ0n) is 14.0. The molecule has 0 bridgehead atoms. The number of pyridine rings is 1. The van der Waals surface area contributed by atoms with Gasteiger partial charge in [0.15, 0.2) is 0 Å². The maximum Gasteiger partial charge on any atom is 0.258 e. The van der Waals surface area contributed by atoms with Gasteiger partial charge in [-0.05, 0) is 47.2 Å². The highest BCUT2D eigenvalue weighted by Crippen LogP contribution is 2.38. The highest BCUT2D eigenvalue weighted by Gasteiger charge is 2.23. The van der Waals surface area contributed by atoms with E-state index in [1.165, 1.54) is 11.8 Å². The quantitative estimate of drug-likeness (QED) is 0.489. The van der Waals surface area contributed by atoms with Crippen LogP contribution in [0.1, 0.15) is 22.3 Å². The Balaban J connectivity index is 1.79. The second-order valence-electron chi connectivity index (χ2n) is 6.27. The molecule has 0 atom stereocenters. The lowest BCUT2D eigenvalue weighted by molar-refractivity contribution is 0.876. The van der Waals surface area contributed by atoms with E-state index in [1.54, 1.807) is 11.8 Å². The Bertz CT molecular complexity index is 1060. The van der Waals surface area contributed by atoms with Gasteiger partial charge in [0.25, 0.3) is 5.56 Å². The molecule has 130 valence electrons. The number of rotatable bonds is 4. The minimum absolute atomic E-state index is 0.205. The smallest absolute Gasteiger partial charge is 0.258 e. The summed E-state index contributed by atoms with van der Waals surface area (Å²) in [6, 6.07) is 15.9. The fraction of sp³-hybridized carbons (Fsp3) is 0.143. The first kappa shape index (κ1) is 17.1. The Morgan fingerprint density at radius 3 is 2.81 bits per heavy atom. The van der Waals surface area contributed by atoms with Crippen molar-refractivity contribution in [3.05, 3.63) is 86.2 Å². The van der Waals surface area contributed by atoms with Crippen LogP contribution in [0.15, 0.2) is 58.4 Å². The molecule has 0 saturated heterocycles. The van der Waals surface area contributed by atoms with E-state index in [-0.39, 0.29) is 5.56 Å². The van der Waals surface area contributed by atoms with Gasteiger partial charge in [0.05, 0.1) is 10.6 Å². The van der Waals surface area contributed by atoms with Crippen LogP contribution in [0, 0.1) is 5.41 Å². The van der Waals surface area contributed by atoms with Crippen molar-refractivity contribution in [3.8, 4) is 11.1 Å². The highest BCUT2D eigenvalue weighted by atomic mass is 35.5. The Labute approximate surface area is 160 Å². The Morgan fingerprint density at radius 1 is 1.15 bits per heavy atom. The van der Waals surface area contributed by atoms with Gasteiger partial charge >= 0.3 is 0 Å². The van der Waals surface area contributed by atoms with Crippen LogP contribution in [0.4, 0.5) is 0 Å². The molecular formula is C21H17ClN2OS. The molecule has 1 aliphatic carbocycles. The van der Waals surface area contributed by atoms with Crippen LogP contribution < -0.4 is 5.56 Å². The van der Waals surface area contributed by atoms with Gasteiger partial charge < -0.3 is 10.4 Å². The first-order valence-electron chi connectivity index (χ1n) is 8.42. The number of fused-ring (bicyclic) bond motifs is 3. The maximum atomic E-state index is 12.6. The highest BCUT2D eigenvalue weighted by molar-refractivity contribution is 7.98. The van der Waals surface area contributed by atoms with Gasteiger partial charge in [-0.15, -0.1) is 11.8 Å². The van der Waals surface area contributed by atoms with E-state index in [1.807, 2.05) is 42.5 Å². The summed E-state index contributed by atoms with van der Waals surface area (Å²) in [6.07, 6.45) is 2.98. The summed E-state index contributed by atoms with van der Waals surface area (Å²) in [7, 11) is 0. The van der Waals surface area contributed by atoms with Crippen LogP contribution >= 0.6 is 23.4 Å². The molecule has 0 amide bonds. The molecule has 1 aliphatic rings. The third-order valence-electron chi connectivity index (χ3n) is 4.66. The Hall–Kier alpha value is -2.30. The molecule has 0 aliphatic heterocycles. The van der Waals surface area contributed by atoms with Gasteiger partial charge in [-0.2, -0.15) is 0 Å². The molecular weight excluding hydrogens is 364 g/mol. The van der Waals surface area contributed by atoms with Gasteiger partial charge in [-0.1, -0.05) is 48.0 Å². The lowest BCUT2D eigenvalue weighted by atomic mass is 9.84. The molecule has 2 N–H and O–H groups in total. The molecule has 26 heavy (non-hydrogen) atoms. The van der Waals surface area contributed by atoms with Gasteiger partial charge in [0.1, 0.15) is 0 Å². The number of aryl methyl sites for hydroxylation is 1. The zero-order chi connectivity index (χ0) is 18.1. The Kier molecular flexibility index (Phi) is 4.70. The number of benzene rings is 2. The minimum atomic E-state index is -0.205. The van der Waals surface area contributed by atoms with Crippen molar-refractivity contribution >= 4 is 29.6 Å². The summed E-state index contributed by atoms with van der Waals surface area (Å²) in [4.78, 5) is 15.6. The molecule has 0 fully saturated rings. The van der Waals surface area contributed by atoms with Crippen LogP contribution in [0.2, 0.25) is 5.02 Å². The van der Waals surface area contributed by atoms with Crippen LogP contribution in [-0.4, -0.2) is 11.2 Å². The third-order valence-corrected chi connectivity index (χ3v) is 6.01. The summed E-state index contributed by atoms with van der Waals surface area (Å²) in [6.45, 7) is 0. The number of aromatic amines is 1. The fourth-order valence-corrected chi connectivity index (χ4v) is 4.71. The van der Waals surface area contributed by atoms with E-state index in [2.05, 4.69) is 11.1 Å². The molecule has 1 heterocycles. The van der Waals surface area contributed by atoms with Gasteiger partial charge in [0, 0.05) is 22.6 Å². The predicted octanol–water partition coefficient (Wildman–Crippen LogP) is 5.08. The summed E-state index contributed by atoms with van der Waals surface area (Å²) >= 11 is 7.69. The van der Waals surface area contributed by atoms with Gasteiger partial charge in [-0.3, -0.25) is 4.79 Å². The molecule has 1 aromatic heterocycles. The molecule has 0 radical (unpaired) electrons. The number of thioether (sulfide) groups is 1. The van der Waals surface area contributed by atoms with Crippen molar-refractivity contribution < 1.29 is 0 Å². The van der Waals surface area contributed by atoms with Crippen molar-refractivity contribution in [2.75, 3.05) is 0 Å². The normalized spacial score (nSPS) is 12.3. The van der Waals surface area contributed by atoms with Crippen molar-refractivity contribution in [2.45, 2.75) is 23.6 Å². The SMILES string of the molecule is N=Cc1c2c(c(SCc3cccc(Cl)c3)[nH]c1=O)CCc1ccccc1-2. The van der Waals surface area contributed by atoms with Crippen molar-refractivity contribution in [1.29, 1.82) is 5.41 Å². The lowest BCUT2D eigenvalue weighted by Gasteiger charge is -2.23. The molecule has 2 aromatic carbocycles. The predicted molar refractivity (Wildman–Crippen MR) is 109 cm³/mol. The van der Waals surface area contributed by atoms with Gasteiger partial charge in [0.2, 0.25) is 0 Å². The van der Waals surface area contributed by atoms with E-state index in [0.717, 1.165) is 45.9 Å². The average molecular weight is 381 g/mol. The van der Waals surface area contributed by atoms with Crippen LogP contribution in [0.3, 0.4) is 0 Å². The second kappa shape index (κ2) is 7.14. The number of nitrogens with one attached hydrogen (secondary N) is 2. The number of halogens is 1. The van der Waals surface area contributed by atoms with Crippen molar-refractivity contribution in [3.63, 3.8) is 0 Å². The molecule has 0 unspecified atom stereocenters. The van der Waals surface area contributed by atoms with Gasteiger partial charge in [-0.25, -0.2) is 0 Å². The Morgan fingerprint density at radius 2 is 2.00 bits per heavy atom. The largest absolute Gasteiger partial charge is 0.316 e. The summed E-state index contributed by atoms with van der Waals surface area (Å²) in [5, 5.41) is 9.34. The molecule has 3 nitrogen and oxygen atoms in total. The van der Waals surface area contributed by atoms with Crippen LogP contribution in [0.5, 0.6) is 0 Å². The molecule has 0 spiro atoms. The molecule has 0 saturated carbocycles. The standard InChI is InChI=1S/C21H17ClN2OS/c22-15-6-3-4-13(10-15)12-26-21-17-9-8-14-5-1-2-7-16(14)19(17)18(11-23)20(25)24-21/h1-7,10-11,23H,8-9,12H2,(H,24,25). The van der Waals surface area contributed by atoms with Crippen LogP contribution in [0.25, 0.3) is 11.1 Å². The molecule has 4 rings (SSSR count). The summed E-state index contributed by atoms with van der Waals surface area (Å²) in [5.74, 6) is 0.731. The topological polar surface area (TPSA) is 56.7 Å². The molecule has 5 heteroatoms. The first-order valence-corrected chi connectivity index (χ1v) is 9.79. The number of hydrogen-bond acceptors (Lipinski definition) is 3. The van der Waals surface area contributed by atoms with E-state index in [9.17, 15) is 4.79 Å². The van der Waals surface area contributed by atoms with E-state index < -0.39 is 0 Å². The maximum absolute atomic E-state index is 12.6. The monoisotopic (exact) mass is 380 g/mol. The number of aromatic nitrogens is 1. The zero-order valence-corrected chi connectivity index (χ0v) is 15.6. The van der Waals surface area contributed by atoms with E-state index in [0.29, 0.717) is 10.6 Å². The number of H-pyrrole nitrogens is 1. The van der Waals surface area contributed by atoms with Crippen LogP contribution in [-0.2, 0) is 18.6 Å². The van der Waals surface area contributed by atoms with Crippen molar-refractivity contribution in [2.24, 2.45) is 0 Å². The van der Waals surface area contributed by atoms with Crippen molar-refractivity contribution in [1.82, 2.24) is 4.98 Å². The third kappa shape index (κ3) is 3.11. The number of hydrogen-bond donors (Lipinski definition) is 2. The second-order valence-corrected chi connectivity index (χ2v) is 7.69. The molecule has 3 aromatic rings. The first-order chi connectivity index (χ1) is 12.7. The van der Waals surface area contributed by atoms with E-state index in [4.69, 9.17) is 17.0 Å². The van der Waals surface area contributed by atoms with E-state index >= 15 is 0 Å². The summed E-state index contributed by atoms with van der Waals surface area (Å²) < 4.78 is 0. The minimum Gasteiger partial charge on any atom is -0.316 e. The average Bonchev–Trinajstić information content (AvgIpc) is 2.66. The summed E-state index contributed by atoms with van der Waals surface area (Å²) in [5.41, 5.74) is 5.71. The fourth-order valence-electron chi connectivity index (χ4n) is 3.47. The lowest BCUT2D eigenvalue weighted by Crippen LogP contribution is -2.20.